The summed E-state index contributed by atoms with van der Waals surface area (Å²) in [6.45, 7) is 0.426. The highest BCUT2D eigenvalue weighted by molar-refractivity contribution is 5.48. The van der Waals surface area contributed by atoms with Crippen LogP contribution in [0.3, 0.4) is 0 Å². The van der Waals surface area contributed by atoms with Crippen LogP contribution >= 0.6 is 0 Å². The molecule has 0 amide bonds. The van der Waals surface area contributed by atoms with E-state index in [2.05, 4.69) is 9.97 Å². The highest BCUT2D eigenvalue weighted by Crippen LogP contribution is 2.35. The van der Waals surface area contributed by atoms with Crippen molar-refractivity contribution < 1.29 is 36.5 Å². The summed E-state index contributed by atoms with van der Waals surface area (Å²) < 4.78 is 79.4. The molecule has 0 bridgehead atoms. The van der Waals surface area contributed by atoms with Gasteiger partial charge in [0.25, 0.3) is 0 Å². The van der Waals surface area contributed by atoms with Crippen molar-refractivity contribution in [1.82, 2.24) is 14.5 Å². The monoisotopic (exact) mass is 496 g/mol. The Kier molecular flexibility index (Phi) is 5.58. The van der Waals surface area contributed by atoms with Gasteiger partial charge in [0.2, 0.25) is 5.88 Å². The van der Waals surface area contributed by atoms with Gasteiger partial charge in [-0.15, -0.1) is 0 Å². The van der Waals surface area contributed by atoms with Gasteiger partial charge in [0.05, 0.1) is 12.1 Å². The van der Waals surface area contributed by atoms with Gasteiger partial charge in [0.1, 0.15) is 23.9 Å². The van der Waals surface area contributed by atoms with Crippen molar-refractivity contribution in [2.24, 2.45) is 0 Å². The Morgan fingerprint density at radius 2 is 1.86 bits per heavy atom. The number of aliphatic hydroxyl groups is 1. The Morgan fingerprint density at radius 1 is 1.11 bits per heavy atom. The van der Waals surface area contributed by atoms with E-state index in [9.17, 15) is 31.9 Å². The van der Waals surface area contributed by atoms with E-state index in [1.807, 2.05) is 4.90 Å². The van der Waals surface area contributed by atoms with Crippen LogP contribution in [0, 0.1) is 11.6 Å². The number of anilines is 1. The minimum absolute atomic E-state index is 0.0157. The fourth-order valence-corrected chi connectivity index (χ4v) is 4.21. The lowest BCUT2D eigenvalue weighted by Gasteiger charge is -2.17. The summed E-state index contributed by atoms with van der Waals surface area (Å²) in [7, 11) is 0. The Morgan fingerprint density at radius 3 is 2.57 bits per heavy atom. The molecule has 0 radical (unpaired) electrons. The largest absolute Gasteiger partial charge is 0.473 e. The highest BCUT2D eigenvalue weighted by atomic mass is 19.4. The van der Waals surface area contributed by atoms with E-state index in [0.29, 0.717) is 31.4 Å². The summed E-state index contributed by atoms with van der Waals surface area (Å²) in [5.74, 6) is -3.17. The van der Waals surface area contributed by atoms with Crippen LogP contribution in [0.2, 0.25) is 0 Å². The summed E-state index contributed by atoms with van der Waals surface area (Å²) in [4.78, 5) is 21.2. The zero-order valence-electron chi connectivity index (χ0n) is 17.8. The maximum Gasteiger partial charge on any atom is 0.433 e. The molecule has 8 nitrogen and oxygen atoms in total. The van der Waals surface area contributed by atoms with Gasteiger partial charge in [0.15, 0.2) is 17.4 Å². The fourth-order valence-electron chi connectivity index (χ4n) is 4.21. The Balaban J connectivity index is 1.32. The van der Waals surface area contributed by atoms with Crippen molar-refractivity contribution in [2.45, 2.75) is 37.9 Å². The molecule has 0 unspecified atom stereocenters. The molecule has 4 heterocycles. The van der Waals surface area contributed by atoms with E-state index in [-0.39, 0.29) is 24.1 Å². The smallest absolute Gasteiger partial charge is 0.433 e. The zero-order chi connectivity index (χ0) is 24.9. The molecule has 1 aromatic carbocycles. The van der Waals surface area contributed by atoms with Gasteiger partial charge in [-0.1, -0.05) is 0 Å². The van der Waals surface area contributed by atoms with Crippen LogP contribution < -0.4 is 20.1 Å². The zero-order valence-corrected chi connectivity index (χ0v) is 17.8. The summed E-state index contributed by atoms with van der Waals surface area (Å²) in [6, 6.07) is 4.86. The van der Waals surface area contributed by atoms with Crippen molar-refractivity contribution >= 4 is 5.82 Å². The van der Waals surface area contributed by atoms with Gasteiger partial charge < -0.3 is 19.5 Å². The van der Waals surface area contributed by atoms with Crippen LogP contribution in [0.4, 0.5) is 27.8 Å². The van der Waals surface area contributed by atoms with E-state index in [0.717, 1.165) is 24.4 Å². The number of pyridine rings is 1. The molecule has 13 heteroatoms. The summed E-state index contributed by atoms with van der Waals surface area (Å²) in [5.41, 5.74) is -1.78. The van der Waals surface area contributed by atoms with Crippen LogP contribution in [-0.2, 0) is 19.3 Å². The predicted molar refractivity (Wildman–Crippen MR) is 110 cm³/mol. The van der Waals surface area contributed by atoms with Gasteiger partial charge in [-0.05, 0) is 30.2 Å². The average molecular weight is 496 g/mol. The first-order valence-corrected chi connectivity index (χ1v) is 10.5. The molecule has 2 aliphatic rings. The number of fused-ring (bicyclic) bond motifs is 3. The quantitative estimate of drug-likeness (QED) is 0.543. The number of nitrogens with zero attached hydrogens (tertiary/aromatic N) is 4. The van der Waals surface area contributed by atoms with Gasteiger partial charge in [0, 0.05) is 31.4 Å². The number of aromatic nitrogens is 3. The molecule has 2 atom stereocenters. The molecule has 0 spiro atoms. The van der Waals surface area contributed by atoms with E-state index in [1.165, 1.54) is 10.6 Å². The SMILES string of the molecule is O=c1nc(OCc2cc(F)c(Oc3ccnc(C(F)(F)F)c3)c(F)c2)cc2n1C[C@@H]1C[C@H](O)CN21. The molecule has 0 saturated carbocycles. The summed E-state index contributed by atoms with van der Waals surface area (Å²) in [5, 5.41) is 9.86. The van der Waals surface area contributed by atoms with E-state index in [4.69, 9.17) is 9.47 Å². The van der Waals surface area contributed by atoms with Crippen molar-refractivity contribution in [1.29, 1.82) is 0 Å². The molecule has 3 aromatic rings. The van der Waals surface area contributed by atoms with E-state index >= 15 is 0 Å². The van der Waals surface area contributed by atoms with Crippen LogP contribution in [0.5, 0.6) is 17.4 Å². The first kappa shape index (κ1) is 23.0. The number of benzene rings is 1. The first-order valence-electron chi connectivity index (χ1n) is 10.5. The second-order valence-electron chi connectivity index (χ2n) is 8.20. The minimum Gasteiger partial charge on any atom is -0.473 e. The lowest BCUT2D eigenvalue weighted by molar-refractivity contribution is -0.141. The van der Waals surface area contributed by atoms with Crippen molar-refractivity contribution in [3.8, 4) is 17.4 Å². The highest BCUT2D eigenvalue weighted by Gasteiger charge is 2.38. The number of aliphatic hydroxyl groups excluding tert-OH is 1. The Hall–Kier alpha value is -3.74. The number of hydrogen-bond acceptors (Lipinski definition) is 7. The second kappa shape index (κ2) is 8.48. The first-order chi connectivity index (χ1) is 16.6. The maximum atomic E-state index is 14.5. The normalized spacial score (nSPS) is 19.0. The van der Waals surface area contributed by atoms with Gasteiger partial charge in [-0.3, -0.25) is 9.55 Å². The molecule has 2 aromatic heterocycles. The number of hydrogen-bond donors (Lipinski definition) is 1. The standard InChI is InChI=1S/C22H17F5N4O4/c23-15-3-11(4-16(24)20(15)35-14-1-2-28-17(6-14)22(25,26)27)10-34-18-7-19-30-9-13(32)5-12(30)8-31(19)21(33)29-18/h1-4,6-7,12-13,32H,5,8-10H2/t12-,13-/m0/s1. The number of alkyl halides is 3. The van der Waals surface area contributed by atoms with Gasteiger partial charge >= 0.3 is 11.9 Å². The Labute approximate surface area is 194 Å². The average Bonchev–Trinajstić information content (AvgIpc) is 3.31. The Bertz CT molecular complexity index is 1320. The van der Waals surface area contributed by atoms with Crippen LogP contribution in [0.25, 0.3) is 0 Å². The van der Waals surface area contributed by atoms with Gasteiger partial charge in [-0.2, -0.15) is 18.2 Å². The van der Waals surface area contributed by atoms with E-state index < -0.39 is 46.8 Å². The van der Waals surface area contributed by atoms with E-state index in [1.54, 1.807) is 0 Å². The molecule has 0 aliphatic carbocycles. The molecular formula is C22H17F5N4O4. The van der Waals surface area contributed by atoms with Crippen LogP contribution in [-0.4, -0.2) is 38.3 Å². The molecule has 2 aliphatic heterocycles. The minimum atomic E-state index is -4.75. The number of ether oxygens (including phenoxy) is 2. The van der Waals surface area contributed by atoms with Crippen LogP contribution in [0.1, 0.15) is 17.7 Å². The number of halogens is 5. The third-order valence-corrected chi connectivity index (χ3v) is 5.73. The number of rotatable bonds is 5. The van der Waals surface area contributed by atoms with Gasteiger partial charge in [-0.25, -0.2) is 13.6 Å². The molecule has 35 heavy (non-hydrogen) atoms. The topological polar surface area (TPSA) is 89.7 Å². The molecule has 1 fully saturated rings. The second-order valence-corrected chi connectivity index (χ2v) is 8.20. The predicted octanol–water partition coefficient (Wildman–Crippen LogP) is 3.26. The van der Waals surface area contributed by atoms with Crippen molar-refractivity contribution in [3.63, 3.8) is 0 Å². The molecule has 184 valence electrons. The molecule has 1 saturated heterocycles. The maximum absolute atomic E-state index is 14.5. The molecular weight excluding hydrogens is 479 g/mol. The third kappa shape index (κ3) is 4.50. The van der Waals surface area contributed by atoms with Crippen molar-refractivity contribution in [3.05, 3.63) is 69.9 Å². The molecule has 1 N–H and O–H groups in total. The van der Waals surface area contributed by atoms with Crippen molar-refractivity contribution in [2.75, 3.05) is 11.4 Å². The third-order valence-electron chi connectivity index (χ3n) is 5.73. The summed E-state index contributed by atoms with van der Waals surface area (Å²) in [6.07, 6.45) is -3.91. The lowest BCUT2D eigenvalue weighted by Crippen LogP contribution is -2.25. The summed E-state index contributed by atoms with van der Waals surface area (Å²) >= 11 is 0. The van der Waals surface area contributed by atoms with Crippen LogP contribution in [0.15, 0.2) is 41.3 Å². The molecule has 5 rings (SSSR count). The fraction of sp³-hybridized carbons (Fsp3) is 0.318. The lowest BCUT2D eigenvalue weighted by atomic mass is 10.2.